The predicted molar refractivity (Wildman–Crippen MR) is 102 cm³/mol. The van der Waals surface area contributed by atoms with Gasteiger partial charge in [-0.15, -0.1) is 0 Å². The van der Waals surface area contributed by atoms with Crippen LogP contribution in [0.25, 0.3) is 0 Å². The molecule has 1 unspecified atom stereocenters. The van der Waals surface area contributed by atoms with Crippen LogP contribution in [0.15, 0.2) is 0 Å². The standard InChI is InChI=1S/C20H35NO8.Na/c1-2-3-4-5-6-7-8-9-10-11-16(22)29-18(24)15-20(27,19(25)26)14-17(23)28-13-12-21;/h27H,2-15,21H2,1H3,(H,25,26);/q;+1/p-1. The van der Waals surface area contributed by atoms with Crippen molar-refractivity contribution in [1.29, 1.82) is 0 Å². The van der Waals surface area contributed by atoms with Gasteiger partial charge >= 0.3 is 47.5 Å². The summed E-state index contributed by atoms with van der Waals surface area (Å²) in [6.45, 7) is 2.02. The molecule has 30 heavy (non-hydrogen) atoms. The van der Waals surface area contributed by atoms with Gasteiger partial charge in [-0.05, 0) is 6.42 Å². The van der Waals surface area contributed by atoms with Crippen LogP contribution >= 0.6 is 0 Å². The number of ether oxygens (including phenoxy) is 2. The molecule has 0 amide bonds. The topological polar surface area (TPSA) is 156 Å². The van der Waals surface area contributed by atoms with E-state index in [0.29, 0.717) is 6.42 Å². The zero-order chi connectivity index (χ0) is 22.1. The molecule has 10 heteroatoms. The number of carboxylic acids is 1. The Kier molecular flexibility index (Phi) is 19.5. The molecule has 168 valence electrons. The summed E-state index contributed by atoms with van der Waals surface area (Å²) in [5.74, 6) is -5.14. The molecule has 0 aliphatic carbocycles. The number of hydrogen-bond donors (Lipinski definition) is 2. The van der Waals surface area contributed by atoms with E-state index in [1.54, 1.807) is 0 Å². The molecule has 0 aromatic heterocycles. The average Bonchev–Trinajstić information content (AvgIpc) is 2.64. The van der Waals surface area contributed by atoms with Crippen molar-refractivity contribution in [3.63, 3.8) is 0 Å². The van der Waals surface area contributed by atoms with Gasteiger partial charge < -0.3 is 30.2 Å². The summed E-state index contributed by atoms with van der Waals surface area (Å²) in [5, 5.41) is 21.1. The number of carbonyl (C=O) groups excluding carboxylic acids is 4. The molecule has 0 bridgehead atoms. The van der Waals surface area contributed by atoms with Gasteiger partial charge in [-0.1, -0.05) is 58.3 Å². The molecule has 0 radical (unpaired) electrons. The summed E-state index contributed by atoms with van der Waals surface area (Å²) in [6, 6.07) is 0. The molecule has 0 aliphatic rings. The van der Waals surface area contributed by atoms with Crippen LogP contribution in [0.1, 0.15) is 84.0 Å². The molecule has 1 atom stereocenters. The van der Waals surface area contributed by atoms with E-state index in [-0.39, 0.29) is 49.1 Å². The molecule has 0 aliphatic heterocycles. The van der Waals surface area contributed by atoms with Crippen LogP contribution in [-0.4, -0.2) is 47.7 Å². The largest absolute Gasteiger partial charge is 1.00 e. The van der Waals surface area contributed by atoms with E-state index in [4.69, 9.17) is 5.73 Å². The van der Waals surface area contributed by atoms with Gasteiger partial charge in [-0.25, -0.2) is 0 Å². The van der Waals surface area contributed by atoms with Crippen LogP contribution in [0, 0.1) is 0 Å². The summed E-state index contributed by atoms with van der Waals surface area (Å²) in [6.07, 6.45) is 7.44. The van der Waals surface area contributed by atoms with Crippen molar-refractivity contribution in [2.24, 2.45) is 5.73 Å². The zero-order valence-electron chi connectivity index (χ0n) is 18.3. The third-order valence-electron chi connectivity index (χ3n) is 4.35. The Morgan fingerprint density at radius 2 is 1.37 bits per heavy atom. The van der Waals surface area contributed by atoms with Crippen molar-refractivity contribution in [3.05, 3.63) is 0 Å². The first kappa shape index (κ1) is 31.2. The maximum atomic E-state index is 11.8. The van der Waals surface area contributed by atoms with Gasteiger partial charge in [0.1, 0.15) is 12.2 Å². The Balaban J connectivity index is 0. The molecule has 0 saturated carbocycles. The quantitative estimate of drug-likeness (QED) is 0.111. The number of unbranched alkanes of at least 4 members (excludes halogenated alkanes) is 8. The summed E-state index contributed by atoms with van der Waals surface area (Å²) < 4.78 is 9.11. The SMILES string of the molecule is CCCCCCCCCCCC(=O)OC(=O)CC(O)(CC(=O)OCCN)C(=O)[O-].[Na+]. The van der Waals surface area contributed by atoms with Crippen molar-refractivity contribution in [3.8, 4) is 0 Å². The van der Waals surface area contributed by atoms with Crippen LogP contribution in [0.3, 0.4) is 0 Å². The first-order valence-corrected chi connectivity index (χ1v) is 10.3. The number of rotatable bonds is 17. The number of aliphatic carboxylic acids is 1. The van der Waals surface area contributed by atoms with Gasteiger partial charge in [0, 0.05) is 13.0 Å². The number of hydrogen-bond acceptors (Lipinski definition) is 9. The maximum Gasteiger partial charge on any atom is 1.00 e. The minimum atomic E-state index is -2.82. The zero-order valence-corrected chi connectivity index (χ0v) is 20.3. The van der Waals surface area contributed by atoms with Crippen LogP contribution < -0.4 is 40.4 Å². The second-order valence-corrected chi connectivity index (χ2v) is 7.11. The Labute approximate surface area is 200 Å². The number of esters is 3. The average molecular weight is 439 g/mol. The monoisotopic (exact) mass is 439 g/mol. The first-order valence-electron chi connectivity index (χ1n) is 10.3. The van der Waals surface area contributed by atoms with Gasteiger partial charge in [-0.3, -0.25) is 14.4 Å². The fraction of sp³-hybridized carbons (Fsp3) is 0.800. The number of carboxylic acid groups (broad SMARTS) is 1. The summed E-state index contributed by atoms with van der Waals surface area (Å²) >= 11 is 0. The van der Waals surface area contributed by atoms with E-state index in [1.165, 1.54) is 32.1 Å². The molecule has 0 aromatic rings. The number of nitrogens with two attached hydrogens (primary N) is 1. The number of carbonyl (C=O) groups is 4. The summed E-state index contributed by atoms with van der Waals surface area (Å²) in [4.78, 5) is 46.0. The maximum absolute atomic E-state index is 11.8. The molecular formula is C20H34NNaO8. The minimum Gasteiger partial charge on any atom is -0.547 e. The van der Waals surface area contributed by atoms with Crippen LogP contribution in [-0.2, 0) is 28.7 Å². The summed E-state index contributed by atoms with van der Waals surface area (Å²) in [7, 11) is 0. The Morgan fingerprint density at radius 3 is 1.87 bits per heavy atom. The molecule has 0 spiro atoms. The molecule has 0 saturated heterocycles. The van der Waals surface area contributed by atoms with Gasteiger partial charge in [0.25, 0.3) is 0 Å². The Bertz CT molecular complexity index is 529. The molecular weight excluding hydrogens is 405 g/mol. The number of aliphatic hydroxyl groups is 1. The fourth-order valence-corrected chi connectivity index (χ4v) is 2.70. The van der Waals surface area contributed by atoms with Crippen LogP contribution in [0.4, 0.5) is 0 Å². The van der Waals surface area contributed by atoms with Crippen molar-refractivity contribution in [2.45, 2.75) is 89.6 Å². The van der Waals surface area contributed by atoms with Crippen molar-refractivity contribution in [2.75, 3.05) is 13.2 Å². The van der Waals surface area contributed by atoms with Gasteiger partial charge in [-0.2, -0.15) is 0 Å². The van der Waals surface area contributed by atoms with Gasteiger partial charge in [0.05, 0.1) is 18.8 Å². The molecule has 0 heterocycles. The van der Waals surface area contributed by atoms with Crippen LogP contribution in [0.5, 0.6) is 0 Å². The normalized spacial score (nSPS) is 12.4. The van der Waals surface area contributed by atoms with E-state index in [2.05, 4.69) is 16.4 Å². The second kappa shape index (κ2) is 18.7. The smallest absolute Gasteiger partial charge is 0.547 e. The van der Waals surface area contributed by atoms with E-state index in [1.807, 2.05) is 0 Å². The van der Waals surface area contributed by atoms with Crippen LogP contribution in [0.2, 0.25) is 0 Å². The Morgan fingerprint density at radius 1 is 0.867 bits per heavy atom. The van der Waals surface area contributed by atoms with E-state index >= 15 is 0 Å². The predicted octanol–water partition coefficient (Wildman–Crippen LogP) is -2.26. The van der Waals surface area contributed by atoms with E-state index < -0.39 is 42.3 Å². The van der Waals surface area contributed by atoms with Crippen molar-refractivity contribution in [1.82, 2.24) is 0 Å². The minimum absolute atomic E-state index is 0. The molecule has 0 aromatic carbocycles. The molecule has 0 fully saturated rings. The molecule has 9 nitrogen and oxygen atoms in total. The second-order valence-electron chi connectivity index (χ2n) is 7.11. The van der Waals surface area contributed by atoms with Crippen molar-refractivity contribution < 1.29 is 68.4 Å². The third kappa shape index (κ3) is 15.8. The van der Waals surface area contributed by atoms with Gasteiger partial charge in [0.15, 0.2) is 0 Å². The fourth-order valence-electron chi connectivity index (χ4n) is 2.70. The molecule has 0 rings (SSSR count). The molecule has 3 N–H and O–H groups in total. The van der Waals surface area contributed by atoms with E-state index in [0.717, 1.165) is 19.3 Å². The van der Waals surface area contributed by atoms with Crippen molar-refractivity contribution >= 4 is 23.9 Å². The first-order chi connectivity index (χ1) is 13.7. The Hall–Kier alpha value is -1.00. The van der Waals surface area contributed by atoms with Gasteiger partial charge in [0.2, 0.25) is 0 Å². The third-order valence-corrected chi connectivity index (χ3v) is 4.35. The summed E-state index contributed by atoms with van der Waals surface area (Å²) in [5.41, 5.74) is 2.33. The van der Waals surface area contributed by atoms with E-state index in [9.17, 15) is 29.4 Å².